The van der Waals surface area contributed by atoms with Gasteiger partial charge >= 0.3 is 0 Å². The number of ketones is 1. The first kappa shape index (κ1) is 19.9. The predicted octanol–water partition coefficient (Wildman–Crippen LogP) is 3.29. The summed E-state index contributed by atoms with van der Waals surface area (Å²) in [5.74, 6) is -0.852. The zero-order valence-corrected chi connectivity index (χ0v) is 16.4. The van der Waals surface area contributed by atoms with Gasteiger partial charge in [0.15, 0.2) is 5.78 Å². The van der Waals surface area contributed by atoms with Gasteiger partial charge in [0.05, 0.1) is 0 Å². The maximum Gasteiger partial charge on any atom is 0.231 e. The molecule has 0 bridgehead atoms. The highest BCUT2D eigenvalue weighted by Crippen LogP contribution is 2.26. The topological polar surface area (TPSA) is 58.2 Å². The quantitative estimate of drug-likeness (QED) is 0.695. The van der Waals surface area contributed by atoms with Gasteiger partial charge in [0.2, 0.25) is 5.91 Å². The molecule has 2 aromatic rings. The first-order chi connectivity index (χ1) is 13.6. The molecule has 2 unspecified atom stereocenters. The predicted molar refractivity (Wildman–Crippen MR) is 112 cm³/mol. The second kappa shape index (κ2) is 9.88. The molecule has 0 spiro atoms. The van der Waals surface area contributed by atoms with Crippen LogP contribution in [0.25, 0.3) is 0 Å². The van der Waals surface area contributed by atoms with Crippen LogP contribution in [0.5, 0.6) is 0 Å². The number of hydrogen-bond donors (Lipinski definition) is 2. The van der Waals surface area contributed by atoms with Crippen LogP contribution in [0.4, 0.5) is 0 Å². The Morgan fingerprint density at radius 3 is 2.07 bits per heavy atom. The molecule has 0 fully saturated rings. The molecule has 3 rings (SSSR count). The first-order valence-electron chi connectivity index (χ1n) is 9.97. The van der Waals surface area contributed by atoms with Crippen LogP contribution >= 0.6 is 0 Å². The van der Waals surface area contributed by atoms with Gasteiger partial charge in [-0.2, -0.15) is 0 Å². The lowest BCUT2D eigenvalue weighted by molar-refractivity contribution is -0.134. The van der Waals surface area contributed by atoms with Gasteiger partial charge in [0.25, 0.3) is 0 Å². The van der Waals surface area contributed by atoms with Crippen molar-refractivity contribution in [2.75, 3.05) is 13.1 Å². The van der Waals surface area contributed by atoms with E-state index < -0.39 is 5.92 Å². The lowest BCUT2D eigenvalue weighted by Crippen LogP contribution is -2.42. The smallest absolute Gasteiger partial charge is 0.231 e. The fourth-order valence-corrected chi connectivity index (χ4v) is 3.67. The van der Waals surface area contributed by atoms with Gasteiger partial charge in [-0.1, -0.05) is 67.6 Å². The number of hydrogen-bond acceptors (Lipinski definition) is 3. The van der Waals surface area contributed by atoms with Crippen molar-refractivity contribution in [3.8, 4) is 0 Å². The van der Waals surface area contributed by atoms with Crippen LogP contribution < -0.4 is 10.6 Å². The second-order valence-electron chi connectivity index (χ2n) is 7.42. The lowest BCUT2D eigenvalue weighted by atomic mass is 9.81. The van der Waals surface area contributed by atoms with E-state index in [4.69, 9.17) is 0 Å². The Kier molecular flexibility index (Phi) is 7.01. The second-order valence-corrected chi connectivity index (χ2v) is 7.42. The first-order valence-corrected chi connectivity index (χ1v) is 9.97. The van der Waals surface area contributed by atoms with Crippen molar-refractivity contribution in [3.63, 3.8) is 0 Å². The fraction of sp³-hybridized carbons (Fsp3) is 0.333. The average molecular weight is 377 g/mol. The van der Waals surface area contributed by atoms with Gasteiger partial charge in [-0.15, -0.1) is 0 Å². The highest BCUT2D eigenvalue weighted by molar-refractivity contribution is 6.07. The Morgan fingerprint density at radius 1 is 0.929 bits per heavy atom. The van der Waals surface area contributed by atoms with Gasteiger partial charge in [0.1, 0.15) is 5.92 Å². The maximum absolute atomic E-state index is 12.5. The molecule has 0 aliphatic heterocycles. The summed E-state index contributed by atoms with van der Waals surface area (Å²) in [6.45, 7) is 3.31. The number of benzene rings is 2. The van der Waals surface area contributed by atoms with Crippen molar-refractivity contribution >= 4 is 11.7 Å². The molecule has 0 saturated carbocycles. The van der Waals surface area contributed by atoms with Crippen LogP contribution in [0.2, 0.25) is 0 Å². The summed E-state index contributed by atoms with van der Waals surface area (Å²) in [5.41, 5.74) is 3.37. The summed E-state index contributed by atoms with van der Waals surface area (Å²) in [7, 11) is 0. The van der Waals surface area contributed by atoms with Crippen LogP contribution in [-0.4, -0.2) is 24.8 Å². The lowest BCUT2D eigenvalue weighted by Gasteiger charge is -2.27. The van der Waals surface area contributed by atoms with Crippen molar-refractivity contribution in [3.05, 3.63) is 83.6 Å². The molecule has 1 aliphatic rings. The molecule has 2 N–H and O–H groups in total. The van der Waals surface area contributed by atoms with Gasteiger partial charge in [0, 0.05) is 24.9 Å². The van der Waals surface area contributed by atoms with Crippen molar-refractivity contribution in [2.45, 2.75) is 26.2 Å². The minimum Gasteiger partial charge on any atom is -0.388 e. The molecule has 4 heteroatoms. The van der Waals surface area contributed by atoms with E-state index in [-0.39, 0.29) is 17.6 Å². The Labute approximate surface area is 167 Å². The number of carbonyl (C=O) groups is 2. The molecule has 0 radical (unpaired) electrons. The normalized spacial score (nSPS) is 19.0. The molecule has 2 atom stereocenters. The molecule has 146 valence electrons. The third kappa shape index (κ3) is 5.56. The number of amides is 1. The molecule has 1 amide bonds. The minimum absolute atomic E-state index is 0.00606. The van der Waals surface area contributed by atoms with E-state index in [2.05, 4.69) is 22.8 Å². The van der Waals surface area contributed by atoms with Crippen LogP contribution in [0.1, 0.15) is 24.5 Å². The standard InChI is InChI=1S/C24H28N2O2/c1-18-16-21(25-14-12-19-8-4-2-5-9-19)17-22(27)23(18)24(28)26-15-13-20-10-6-3-7-11-20/h2-11,17-18,23,25H,12-16H2,1H3,(H,26,28). The molecule has 0 saturated heterocycles. The van der Waals surface area contributed by atoms with E-state index in [0.717, 1.165) is 31.5 Å². The summed E-state index contributed by atoms with van der Waals surface area (Å²) < 4.78 is 0. The molecule has 0 aromatic heterocycles. The average Bonchev–Trinajstić information content (AvgIpc) is 2.69. The Morgan fingerprint density at radius 2 is 1.50 bits per heavy atom. The van der Waals surface area contributed by atoms with Crippen LogP contribution in [0, 0.1) is 11.8 Å². The summed E-state index contributed by atoms with van der Waals surface area (Å²) in [4.78, 5) is 25.1. The van der Waals surface area contributed by atoms with Gasteiger partial charge < -0.3 is 10.6 Å². The maximum atomic E-state index is 12.5. The molecule has 0 heterocycles. The molecule has 1 aliphatic carbocycles. The van der Waals surface area contributed by atoms with Gasteiger partial charge in [-0.05, 0) is 36.3 Å². The Bertz CT molecular complexity index is 815. The van der Waals surface area contributed by atoms with E-state index in [0.29, 0.717) is 6.54 Å². The number of allylic oxidation sites excluding steroid dienone is 2. The fourth-order valence-electron chi connectivity index (χ4n) is 3.67. The summed E-state index contributed by atoms with van der Waals surface area (Å²) in [6, 6.07) is 20.3. The third-order valence-electron chi connectivity index (χ3n) is 5.18. The Hall–Kier alpha value is -2.88. The third-order valence-corrected chi connectivity index (χ3v) is 5.18. The number of rotatable bonds is 8. The van der Waals surface area contributed by atoms with Crippen molar-refractivity contribution in [1.82, 2.24) is 10.6 Å². The van der Waals surface area contributed by atoms with Gasteiger partial charge in [-0.3, -0.25) is 9.59 Å². The van der Waals surface area contributed by atoms with Crippen LogP contribution in [-0.2, 0) is 22.4 Å². The van der Waals surface area contributed by atoms with Crippen molar-refractivity contribution < 1.29 is 9.59 Å². The van der Waals surface area contributed by atoms with E-state index in [1.807, 2.05) is 55.5 Å². The Balaban J connectivity index is 1.47. The SMILES string of the molecule is CC1CC(NCCc2ccccc2)=CC(=O)C1C(=O)NCCc1ccccc1. The van der Waals surface area contributed by atoms with Crippen LogP contribution in [0.15, 0.2) is 72.4 Å². The van der Waals surface area contributed by atoms with Crippen molar-refractivity contribution in [2.24, 2.45) is 11.8 Å². The number of nitrogens with one attached hydrogen (secondary N) is 2. The summed E-state index contributed by atoms with van der Waals surface area (Å²) >= 11 is 0. The van der Waals surface area contributed by atoms with Crippen molar-refractivity contribution in [1.29, 1.82) is 0 Å². The van der Waals surface area contributed by atoms with Crippen LogP contribution in [0.3, 0.4) is 0 Å². The zero-order valence-electron chi connectivity index (χ0n) is 16.4. The summed E-state index contributed by atoms with van der Waals surface area (Å²) in [5, 5.41) is 6.30. The molecule has 4 nitrogen and oxygen atoms in total. The highest BCUT2D eigenvalue weighted by Gasteiger charge is 2.34. The molecular weight excluding hydrogens is 348 g/mol. The molecular formula is C24H28N2O2. The zero-order chi connectivity index (χ0) is 19.8. The summed E-state index contributed by atoms with van der Waals surface area (Å²) in [6.07, 6.45) is 4.01. The van der Waals surface area contributed by atoms with E-state index >= 15 is 0 Å². The monoisotopic (exact) mass is 376 g/mol. The minimum atomic E-state index is -0.588. The highest BCUT2D eigenvalue weighted by atomic mass is 16.2. The molecule has 28 heavy (non-hydrogen) atoms. The number of carbonyl (C=O) groups excluding carboxylic acids is 2. The van der Waals surface area contributed by atoms with E-state index in [9.17, 15) is 9.59 Å². The van der Waals surface area contributed by atoms with E-state index in [1.54, 1.807) is 6.08 Å². The molecule has 2 aromatic carbocycles. The van der Waals surface area contributed by atoms with E-state index in [1.165, 1.54) is 11.1 Å². The largest absolute Gasteiger partial charge is 0.388 e. The van der Waals surface area contributed by atoms with Gasteiger partial charge in [-0.25, -0.2) is 0 Å².